The van der Waals surface area contributed by atoms with Crippen molar-refractivity contribution in [1.29, 1.82) is 5.26 Å². The van der Waals surface area contributed by atoms with Crippen LogP contribution < -0.4 is 5.32 Å². The Morgan fingerprint density at radius 3 is 2.61 bits per heavy atom. The van der Waals surface area contributed by atoms with Crippen molar-refractivity contribution in [3.05, 3.63) is 0 Å². The molecule has 2 fully saturated rings. The van der Waals surface area contributed by atoms with E-state index in [0.29, 0.717) is 5.25 Å². The molecule has 3 heteroatoms. The van der Waals surface area contributed by atoms with Gasteiger partial charge in [-0.1, -0.05) is 19.8 Å². The van der Waals surface area contributed by atoms with E-state index < -0.39 is 0 Å². The molecule has 0 bridgehead atoms. The lowest BCUT2D eigenvalue weighted by Gasteiger charge is -2.37. The van der Waals surface area contributed by atoms with Gasteiger partial charge in [-0.2, -0.15) is 17.0 Å². The number of hydrogen-bond acceptors (Lipinski definition) is 3. The number of nitriles is 1. The van der Waals surface area contributed by atoms with Crippen LogP contribution in [0.4, 0.5) is 0 Å². The lowest BCUT2D eigenvalue weighted by molar-refractivity contribution is 0.304. The van der Waals surface area contributed by atoms with Gasteiger partial charge in [0, 0.05) is 10.5 Å². The molecule has 0 amide bonds. The molecule has 0 heterocycles. The molecule has 2 saturated carbocycles. The molecular formula is C15H26N2S. The summed E-state index contributed by atoms with van der Waals surface area (Å²) in [6.07, 6.45) is 11.4. The van der Waals surface area contributed by atoms with Gasteiger partial charge in [0.1, 0.15) is 5.54 Å². The van der Waals surface area contributed by atoms with Crippen LogP contribution in [0.15, 0.2) is 0 Å². The highest BCUT2D eigenvalue weighted by molar-refractivity contribution is 8.00. The summed E-state index contributed by atoms with van der Waals surface area (Å²) in [5.74, 6) is 0. The van der Waals surface area contributed by atoms with Crippen LogP contribution in [-0.4, -0.2) is 22.6 Å². The third kappa shape index (κ3) is 3.65. The Balaban J connectivity index is 1.87. The van der Waals surface area contributed by atoms with E-state index in [9.17, 15) is 5.26 Å². The standard InChI is InChI=1S/C15H26N2S/c1-2-10-17-15(12-16)9-5-8-14(11-15)18-13-6-3-4-7-13/h13-14,17H,2-11H2,1H3. The molecular weight excluding hydrogens is 240 g/mol. The van der Waals surface area contributed by atoms with E-state index in [1.165, 1.54) is 38.5 Å². The van der Waals surface area contributed by atoms with Crippen molar-refractivity contribution in [2.75, 3.05) is 6.54 Å². The summed E-state index contributed by atoms with van der Waals surface area (Å²) in [7, 11) is 0. The van der Waals surface area contributed by atoms with Gasteiger partial charge in [0.25, 0.3) is 0 Å². The van der Waals surface area contributed by atoms with Crippen LogP contribution in [0.25, 0.3) is 0 Å². The zero-order chi connectivity index (χ0) is 12.8. The second kappa shape index (κ2) is 6.82. The second-order valence-corrected chi connectivity index (χ2v) is 7.49. The zero-order valence-corrected chi connectivity index (χ0v) is 12.4. The van der Waals surface area contributed by atoms with Crippen molar-refractivity contribution in [3.8, 4) is 6.07 Å². The van der Waals surface area contributed by atoms with Gasteiger partial charge in [-0.05, 0) is 51.5 Å². The van der Waals surface area contributed by atoms with Gasteiger partial charge in [-0.25, -0.2) is 0 Å². The first kappa shape index (κ1) is 14.2. The lowest BCUT2D eigenvalue weighted by Crippen LogP contribution is -2.48. The maximum atomic E-state index is 9.53. The monoisotopic (exact) mass is 266 g/mol. The Hall–Kier alpha value is -0.200. The van der Waals surface area contributed by atoms with Gasteiger partial charge in [0.2, 0.25) is 0 Å². The van der Waals surface area contributed by atoms with Crippen molar-refractivity contribution >= 4 is 11.8 Å². The van der Waals surface area contributed by atoms with Crippen LogP contribution in [0, 0.1) is 11.3 Å². The first-order chi connectivity index (χ1) is 8.78. The Labute approximate surface area is 116 Å². The molecule has 102 valence electrons. The minimum atomic E-state index is -0.218. The zero-order valence-electron chi connectivity index (χ0n) is 11.6. The molecule has 2 aliphatic carbocycles. The highest BCUT2D eigenvalue weighted by atomic mass is 32.2. The maximum absolute atomic E-state index is 9.53. The van der Waals surface area contributed by atoms with Crippen LogP contribution in [-0.2, 0) is 0 Å². The normalized spacial score (nSPS) is 33.4. The van der Waals surface area contributed by atoms with Gasteiger partial charge in [-0.15, -0.1) is 0 Å². The maximum Gasteiger partial charge on any atom is 0.107 e. The number of nitrogens with one attached hydrogen (secondary N) is 1. The van der Waals surface area contributed by atoms with Gasteiger partial charge in [-0.3, -0.25) is 5.32 Å². The molecule has 0 aromatic carbocycles. The number of thioether (sulfide) groups is 1. The van der Waals surface area contributed by atoms with Crippen LogP contribution in [0.2, 0.25) is 0 Å². The first-order valence-corrected chi connectivity index (χ1v) is 8.54. The first-order valence-electron chi connectivity index (χ1n) is 7.60. The molecule has 2 unspecified atom stereocenters. The number of nitrogens with zero attached hydrogens (tertiary/aromatic N) is 1. The molecule has 2 atom stereocenters. The smallest absolute Gasteiger partial charge is 0.107 e. The van der Waals surface area contributed by atoms with Crippen LogP contribution in [0.5, 0.6) is 0 Å². The Morgan fingerprint density at radius 1 is 1.22 bits per heavy atom. The third-order valence-corrected chi connectivity index (χ3v) is 5.96. The Morgan fingerprint density at radius 2 is 1.94 bits per heavy atom. The van der Waals surface area contributed by atoms with E-state index in [-0.39, 0.29) is 5.54 Å². The highest BCUT2D eigenvalue weighted by Gasteiger charge is 2.37. The van der Waals surface area contributed by atoms with Crippen molar-refractivity contribution in [1.82, 2.24) is 5.32 Å². The fourth-order valence-electron chi connectivity index (χ4n) is 3.30. The van der Waals surface area contributed by atoms with Gasteiger partial charge in [0.05, 0.1) is 6.07 Å². The van der Waals surface area contributed by atoms with E-state index in [1.807, 2.05) is 0 Å². The van der Waals surface area contributed by atoms with Crippen LogP contribution >= 0.6 is 11.8 Å². The lowest BCUT2D eigenvalue weighted by atomic mass is 9.82. The summed E-state index contributed by atoms with van der Waals surface area (Å²) in [6, 6.07) is 2.58. The van der Waals surface area contributed by atoms with Gasteiger partial charge >= 0.3 is 0 Å². The van der Waals surface area contributed by atoms with Crippen LogP contribution in [0.1, 0.15) is 64.7 Å². The van der Waals surface area contributed by atoms with Crippen LogP contribution in [0.3, 0.4) is 0 Å². The van der Waals surface area contributed by atoms with Gasteiger partial charge < -0.3 is 0 Å². The molecule has 0 spiro atoms. The average molecular weight is 266 g/mol. The Bertz CT molecular complexity index is 293. The van der Waals surface area contributed by atoms with Gasteiger partial charge in [0.15, 0.2) is 0 Å². The average Bonchev–Trinajstić information content (AvgIpc) is 2.90. The molecule has 0 aromatic heterocycles. The Kier molecular flexibility index (Phi) is 5.38. The topological polar surface area (TPSA) is 35.8 Å². The predicted octanol–water partition coefficient (Wildman–Crippen LogP) is 3.87. The van der Waals surface area contributed by atoms with E-state index in [2.05, 4.69) is 30.1 Å². The fourth-order valence-corrected chi connectivity index (χ4v) is 5.14. The summed E-state index contributed by atoms with van der Waals surface area (Å²) in [4.78, 5) is 0. The summed E-state index contributed by atoms with van der Waals surface area (Å²) in [5, 5.41) is 14.6. The minimum Gasteiger partial charge on any atom is -0.299 e. The number of rotatable bonds is 5. The fraction of sp³-hybridized carbons (Fsp3) is 0.933. The second-order valence-electron chi connectivity index (χ2n) is 5.88. The van der Waals surface area contributed by atoms with Crippen molar-refractivity contribution in [3.63, 3.8) is 0 Å². The van der Waals surface area contributed by atoms with Crippen molar-refractivity contribution in [2.24, 2.45) is 0 Å². The van der Waals surface area contributed by atoms with E-state index in [1.54, 1.807) is 0 Å². The van der Waals surface area contributed by atoms with E-state index in [4.69, 9.17) is 0 Å². The largest absolute Gasteiger partial charge is 0.299 e. The summed E-state index contributed by atoms with van der Waals surface area (Å²) >= 11 is 2.19. The molecule has 18 heavy (non-hydrogen) atoms. The van der Waals surface area contributed by atoms with Crippen molar-refractivity contribution < 1.29 is 0 Å². The molecule has 0 aromatic rings. The molecule has 0 aliphatic heterocycles. The van der Waals surface area contributed by atoms with E-state index >= 15 is 0 Å². The highest BCUT2D eigenvalue weighted by Crippen LogP contribution is 2.40. The van der Waals surface area contributed by atoms with Crippen molar-refractivity contribution in [2.45, 2.75) is 80.7 Å². The molecule has 1 N–H and O–H groups in total. The summed E-state index contributed by atoms with van der Waals surface area (Å²) < 4.78 is 0. The SMILES string of the molecule is CCCNC1(C#N)CCCC(SC2CCCC2)C1. The number of hydrogen-bond donors (Lipinski definition) is 1. The molecule has 2 nitrogen and oxygen atoms in total. The third-order valence-electron chi connectivity index (χ3n) is 4.32. The minimum absolute atomic E-state index is 0.218. The summed E-state index contributed by atoms with van der Waals surface area (Å²) in [5.41, 5.74) is -0.218. The quantitative estimate of drug-likeness (QED) is 0.820. The molecule has 0 saturated heterocycles. The molecule has 2 aliphatic rings. The van der Waals surface area contributed by atoms with E-state index in [0.717, 1.165) is 31.1 Å². The summed E-state index contributed by atoms with van der Waals surface area (Å²) in [6.45, 7) is 3.15. The molecule has 0 radical (unpaired) electrons. The predicted molar refractivity (Wildman–Crippen MR) is 78.7 cm³/mol. The molecule has 2 rings (SSSR count).